The Balaban J connectivity index is 1.96. The number of hydrogen-bond acceptors (Lipinski definition) is 4. The highest BCUT2D eigenvalue weighted by molar-refractivity contribution is 5.61. The third kappa shape index (κ3) is 2.99. The van der Waals surface area contributed by atoms with E-state index < -0.39 is 0 Å². The molecule has 0 spiro atoms. The minimum atomic E-state index is 0.537. The summed E-state index contributed by atoms with van der Waals surface area (Å²) >= 11 is 0. The molecule has 2 N–H and O–H groups in total. The van der Waals surface area contributed by atoms with Crippen LogP contribution in [-0.4, -0.2) is 22.6 Å². The summed E-state index contributed by atoms with van der Waals surface area (Å²) in [5, 5.41) is 0. The highest BCUT2D eigenvalue weighted by Crippen LogP contribution is 2.29. The predicted molar refractivity (Wildman–Crippen MR) is 87.2 cm³/mol. The van der Waals surface area contributed by atoms with Crippen LogP contribution in [0.2, 0.25) is 0 Å². The number of rotatable bonds is 4. The van der Waals surface area contributed by atoms with Crippen LogP contribution in [0, 0.1) is 0 Å². The molecule has 0 saturated heterocycles. The summed E-state index contributed by atoms with van der Waals surface area (Å²) < 4.78 is 0. The van der Waals surface area contributed by atoms with E-state index in [1.54, 1.807) is 0 Å². The molecule has 1 aromatic heterocycles. The van der Waals surface area contributed by atoms with Crippen molar-refractivity contribution in [3.8, 4) is 11.4 Å². The van der Waals surface area contributed by atoms with Gasteiger partial charge in [-0.05, 0) is 19.8 Å². The van der Waals surface area contributed by atoms with E-state index in [0.717, 1.165) is 17.9 Å². The van der Waals surface area contributed by atoms with Crippen LogP contribution >= 0.6 is 0 Å². The standard InChI is InChI=1S/C17H22N4/c1-2-21(14-10-6-7-11-14)16-12-15(18)19-17(20-16)13-8-4-3-5-9-13/h3-5,8-9,12,14H,2,6-7,10-11H2,1H3,(H2,18,19,20). The molecule has 1 saturated carbocycles. The van der Waals surface area contributed by atoms with Crippen LogP contribution in [0.3, 0.4) is 0 Å². The molecule has 0 radical (unpaired) electrons. The van der Waals surface area contributed by atoms with E-state index in [9.17, 15) is 0 Å². The number of aromatic nitrogens is 2. The third-order valence-electron chi connectivity index (χ3n) is 4.16. The van der Waals surface area contributed by atoms with Crippen molar-refractivity contribution in [1.82, 2.24) is 9.97 Å². The maximum atomic E-state index is 6.01. The Kier molecular flexibility index (Phi) is 4.04. The van der Waals surface area contributed by atoms with Crippen molar-refractivity contribution in [2.45, 2.75) is 38.6 Å². The molecule has 3 rings (SSSR count). The minimum absolute atomic E-state index is 0.537. The molecule has 1 aromatic carbocycles. The number of nitrogen functional groups attached to an aromatic ring is 1. The van der Waals surface area contributed by atoms with Crippen molar-refractivity contribution in [2.75, 3.05) is 17.2 Å². The van der Waals surface area contributed by atoms with E-state index in [1.807, 2.05) is 36.4 Å². The van der Waals surface area contributed by atoms with Crippen LogP contribution in [0.1, 0.15) is 32.6 Å². The van der Waals surface area contributed by atoms with Crippen molar-refractivity contribution in [3.63, 3.8) is 0 Å². The molecular formula is C17H22N4. The Bertz CT molecular complexity index is 591. The summed E-state index contributed by atoms with van der Waals surface area (Å²) in [5.41, 5.74) is 7.02. The third-order valence-corrected chi connectivity index (χ3v) is 4.16. The number of anilines is 2. The number of nitrogens with zero attached hydrogens (tertiary/aromatic N) is 3. The quantitative estimate of drug-likeness (QED) is 0.932. The Morgan fingerprint density at radius 1 is 1.14 bits per heavy atom. The van der Waals surface area contributed by atoms with E-state index >= 15 is 0 Å². The zero-order valence-corrected chi connectivity index (χ0v) is 12.5. The summed E-state index contributed by atoms with van der Waals surface area (Å²) in [5.74, 6) is 2.20. The molecule has 110 valence electrons. The summed E-state index contributed by atoms with van der Waals surface area (Å²) in [6.07, 6.45) is 5.12. The Morgan fingerprint density at radius 3 is 2.52 bits per heavy atom. The molecule has 0 aliphatic heterocycles. The summed E-state index contributed by atoms with van der Waals surface area (Å²) in [4.78, 5) is 11.5. The van der Waals surface area contributed by atoms with Gasteiger partial charge in [0.05, 0.1) is 0 Å². The van der Waals surface area contributed by atoms with E-state index in [2.05, 4.69) is 16.8 Å². The van der Waals surface area contributed by atoms with Crippen LogP contribution in [0.15, 0.2) is 36.4 Å². The van der Waals surface area contributed by atoms with Crippen molar-refractivity contribution in [1.29, 1.82) is 0 Å². The van der Waals surface area contributed by atoms with Crippen molar-refractivity contribution < 1.29 is 0 Å². The molecule has 1 heterocycles. The number of hydrogen-bond donors (Lipinski definition) is 1. The molecule has 4 nitrogen and oxygen atoms in total. The van der Waals surface area contributed by atoms with Gasteiger partial charge < -0.3 is 10.6 Å². The molecule has 0 unspecified atom stereocenters. The second-order valence-corrected chi connectivity index (χ2v) is 5.56. The first kappa shape index (κ1) is 13.9. The van der Waals surface area contributed by atoms with Gasteiger partial charge in [0.15, 0.2) is 5.82 Å². The van der Waals surface area contributed by atoms with Crippen LogP contribution in [-0.2, 0) is 0 Å². The maximum Gasteiger partial charge on any atom is 0.163 e. The highest BCUT2D eigenvalue weighted by atomic mass is 15.2. The van der Waals surface area contributed by atoms with Gasteiger partial charge in [0.2, 0.25) is 0 Å². The molecule has 1 aliphatic carbocycles. The van der Waals surface area contributed by atoms with Gasteiger partial charge in [-0.1, -0.05) is 43.2 Å². The van der Waals surface area contributed by atoms with Crippen LogP contribution < -0.4 is 10.6 Å². The normalized spacial score (nSPS) is 15.3. The van der Waals surface area contributed by atoms with Gasteiger partial charge >= 0.3 is 0 Å². The summed E-state index contributed by atoms with van der Waals surface area (Å²) in [6.45, 7) is 3.13. The van der Waals surface area contributed by atoms with Crippen molar-refractivity contribution in [3.05, 3.63) is 36.4 Å². The van der Waals surface area contributed by atoms with Gasteiger partial charge in [0.25, 0.3) is 0 Å². The van der Waals surface area contributed by atoms with Crippen molar-refractivity contribution in [2.24, 2.45) is 0 Å². The van der Waals surface area contributed by atoms with Gasteiger partial charge in [0.1, 0.15) is 11.6 Å². The second-order valence-electron chi connectivity index (χ2n) is 5.56. The van der Waals surface area contributed by atoms with Crippen LogP contribution in [0.25, 0.3) is 11.4 Å². The zero-order chi connectivity index (χ0) is 14.7. The largest absolute Gasteiger partial charge is 0.384 e. The SMILES string of the molecule is CCN(c1cc(N)nc(-c2ccccc2)n1)C1CCCC1. The molecule has 21 heavy (non-hydrogen) atoms. The highest BCUT2D eigenvalue weighted by Gasteiger charge is 2.23. The molecule has 1 fully saturated rings. The van der Waals surface area contributed by atoms with Gasteiger partial charge in [-0.25, -0.2) is 9.97 Å². The van der Waals surface area contributed by atoms with Crippen LogP contribution in [0.4, 0.5) is 11.6 Å². The fourth-order valence-electron chi connectivity index (χ4n) is 3.14. The number of nitrogens with two attached hydrogens (primary N) is 1. The molecule has 1 aliphatic rings. The fraction of sp³-hybridized carbons (Fsp3) is 0.412. The van der Waals surface area contributed by atoms with E-state index in [4.69, 9.17) is 10.7 Å². The first-order chi connectivity index (χ1) is 10.3. The van der Waals surface area contributed by atoms with E-state index in [0.29, 0.717) is 17.7 Å². The predicted octanol–water partition coefficient (Wildman–Crippen LogP) is 3.49. The van der Waals surface area contributed by atoms with Gasteiger partial charge in [0, 0.05) is 24.2 Å². The first-order valence-electron chi connectivity index (χ1n) is 7.74. The van der Waals surface area contributed by atoms with E-state index in [-0.39, 0.29) is 0 Å². The lowest BCUT2D eigenvalue weighted by molar-refractivity contribution is 0.613. The Hall–Kier alpha value is -2.10. The molecule has 0 amide bonds. The molecular weight excluding hydrogens is 260 g/mol. The monoisotopic (exact) mass is 282 g/mol. The molecule has 4 heteroatoms. The minimum Gasteiger partial charge on any atom is -0.384 e. The average Bonchev–Trinajstić information content (AvgIpc) is 3.02. The summed E-state index contributed by atoms with van der Waals surface area (Å²) in [7, 11) is 0. The second kappa shape index (κ2) is 6.12. The van der Waals surface area contributed by atoms with Gasteiger partial charge in [-0.15, -0.1) is 0 Å². The lowest BCUT2D eigenvalue weighted by atomic mass is 10.2. The molecule has 2 aromatic rings. The van der Waals surface area contributed by atoms with Crippen molar-refractivity contribution >= 4 is 11.6 Å². The number of benzene rings is 1. The van der Waals surface area contributed by atoms with Crippen LogP contribution in [0.5, 0.6) is 0 Å². The maximum absolute atomic E-state index is 6.01. The lowest BCUT2D eigenvalue weighted by Gasteiger charge is -2.29. The Labute approximate surface area is 126 Å². The topological polar surface area (TPSA) is 55.0 Å². The molecule has 0 atom stereocenters. The summed E-state index contributed by atoms with van der Waals surface area (Å²) in [6, 6.07) is 12.5. The van der Waals surface area contributed by atoms with E-state index in [1.165, 1.54) is 25.7 Å². The zero-order valence-electron chi connectivity index (χ0n) is 12.5. The lowest BCUT2D eigenvalue weighted by Crippen LogP contribution is -2.33. The van der Waals surface area contributed by atoms with Gasteiger partial charge in [-0.3, -0.25) is 0 Å². The Morgan fingerprint density at radius 2 is 1.86 bits per heavy atom. The smallest absolute Gasteiger partial charge is 0.163 e. The fourth-order valence-corrected chi connectivity index (χ4v) is 3.14. The average molecular weight is 282 g/mol. The van der Waals surface area contributed by atoms with Gasteiger partial charge in [-0.2, -0.15) is 0 Å². The molecule has 0 bridgehead atoms. The first-order valence-corrected chi connectivity index (χ1v) is 7.74.